The molecule has 2 aliphatic heterocycles. The monoisotopic (exact) mass is 413 g/mol. The maximum atomic E-state index is 12.9. The first-order valence-corrected chi connectivity index (χ1v) is 10.7. The largest absolute Gasteiger partial charge is 0.456 e. The van der Waals surface area contributed by atoms with Crippen molar-refractivity contribution in [3.8, 4) is 0 Å². The van der Waals surface area contributed by atoms with Gasteiger partial charge in [-0.2, -0.15) is 0 Å². The molecule has 0 radical (unpaired) electrons. The summed E-state index contributed by atoms with van der Waals surface area (Å²) in [6.07, 6.45) is 4.76. The van der Waals surface area contributed by atoms with Crippen LogP contribution in [0.4, 0.5) is 0 Å². The number of carbonyl (C=O) groups is 3. The number of cyclic esters (lactones) is 1. The molecule has 30 heavy (non-hydrogen) atoms. The van der Waals surface area contributed by atoms with Crippen molar-refractivity contribution >= 4 is 17.8 Å². The van der Waals surface area contributed by atoms with Gasteiger partial charge in [-0.1, -0.05) is 42.5 Å². The number of ether oxygens (including phenoxy) is 1. The first-order chi connectivity index (χ1) is 14.5. The second-order valence-electron chi connectivity index (χ2n) is 7.97. The van der Waals surface area contributed by atoms with Gasteiger partial charge in [0.25, 0.3) is 0 Å². The van der Waals surface area contributed by atoms with E-state index in [1.807, 2.05) is 54.4 Å². The zero-order valence-electron chi connectivity index (χ0n) is 17.6. The van der Waals surface area contributed by atoms with Crippen LogP contribution in [0.5, 0.6) is 0 Å². The molecule has 162 valence electrons. The highest BCUT2D eigenvalue weighted by Crippen LogP contribution is 2.20. The Balaban J connectivity index is 1.67. The van der Waals surface area contributed by atoms with E-state index in [9.17, 15) is 14.4 Å². The first kappa shape index (κ1) is 22.0. The third-order valence-corrected chi connectivity index (χ3v) is 5.66. The highest BCUT2D eigenvalue weighted by atomic mass is 16.5. The highest BCUT2D eigenvalue weighted by Gasteiger charge is 2.27. The van der Waals surface area contributed by atoms with Gasteiger partial charge in [-0.05, 0) is 25.5 Å². The van der Waals surface area contributed by atoms with E-state index < -0.39 is 12.0 Å². The Morgan fingerprint density at radius 1 is 1.10 bits per heavy atom. The van der Waals surface area contributed by atoms with Crippen LogP contribution >= 0.6 is 0 Å². The molecule has 0 spiro atoms. The fourth-order valence-corrected chi connectivity index (χ4v) is 3.71. The lowest BCUT2D eigenvalue weighted by atomic mass is 9.98. The molecule has 1 fully saturated rings. The Hall–Kier alpha value is -2.67. The number of carbonyl (C=O) groups excluding carboxylic acids is 3. The van der Waals surface area contributed by atoms with Gasteiger partial charge in [0, 0.05) is 39.0 Å². The van der Waals surface area contributed by atoms with E-state index in [0.717, 1.165) is 18.7 Å². The van der Waals surface area contributed by atoms with Gasteiger partial charge in [-0.25, -0.2) is 0 Å². The van der Waals surface area contributed by atoms with Crippen molar-refractivity contribution in [2.24, 2.45) is 5.92 Å². The van der Waals surface area contributed by atoms with E-state index in [2.05, 4.69) is 10.2 Å². The van der Waals surface area contributed by atoms with Crippen LogP contribution in [0.15, 0.2) is 42.5 Å². The summed E-state index contributed by atoms with van der Waals surface area (Å²) in [5.74, 6) is -0.875. The molecule has 2 atom stereocenters. The summed E-state index contributed by atoms with van der Waals surface area (Å²) < 4.78 is 5.61. The Labute approximate surface area is 178 Å². The SMILES string of the molecule is CN1CCN(C(=O)C[C@@H]2CC=CCCC(=O)O[C@H](c3ccccc3)CNC2=O)CC1. The first-order valence-electron chi connectivity index (χ1n) is 10.7. The number of esters is 1. The normalized spacial score (nSPS) is 24.4. The van der Waals surface area contributed by atoms with E-state index in [4.69, 9.17) is 4.74 Å². The number of hydrogen-bond donors (Lipinski definition) is 1. The van der Waals surface area contributed by atoms with Crippen LogP contribution in [0, 0.1) is 5.92 Å². The summed E-state index contributed by atoms with van der Waals surface area (Å²) in [5, 5.41) is 2.91. The van der Waals surface area contributed by atoms with Crippen molar-refractivity contribution in [3.63, 3.8) is 0 Å². The number of benzene rings is 1. The Morgan fingerprint density at radius 2 is 1.83 bits per heavy atom. The highest BCUT2D eigenvalue weighted by molar-refractivity contribution is 5.86. The quantitative estimate of drug-likeness (QED) is 0.605. The molecule has 0 aliphatic carbocycles. The number of piperazine rings is 1. The zero-order valence-corrected chi connectivity index (χ0v) is 17.6. The summed E-state index contributed by atoms with van der Waals surface area (Å²) in [5.41, 5.74) is 0.837. The molecule has 7 nitrogen and oxygen atoms in total. The smallest absolute Gasteiger partial charge is 0.306 e. The minimum Gasteiger partial charge on any atom is -0.456 e. The molecule has 0 aromatic heterocycles. The summed E-state index contributed by atoms with van der Waals surface area (Å²) in [4.78, 5) is 41.8. The van der Waals surface area contributed by atoms with E-state index in [0.29, 0.717) is 32.4 Å². The average molecular weight is 414 g/mol. The summed E-state index contributed by atoms with van der Waals surface area (Å²) >= 11 is 0. The molecule has 1 aromatic rings. The van der Waals surface area contributed by atoms with E-state index >= 15 is 0 Å². The third-order valence-electron chi connectivity index (χ3n) is 5.66. The summed E-state index contributed by atoms with van der Waals surface area (Å²) in [7, 11) is 2.04. The minimum absolute atomic E-state index is 0.0229. The molecule has 1 N–H and O–H groups in total. The van der Waals surface area contributed by atoms with Gasteiger partial charge in [0.05, 0.1) is 12.5 Å². The number of likely N-dealkylation sites (N-methyl/N-ethyl adjacent to an activating group) is 1. The maximum absolute atomic E-state index is 12.9. The molecule has 2 amide bonds. The molecule has 3 rings (SSSR count). The number of hydrogen-bond acceptors (Lipinski definition) is 5. The van der Waals surface area contributed by atoms with Crippen molar-refractivity contribution in [2.45, 2.75) is 31.8 Å². The van der Waals surface area contributed by atoms with Gasteiger partial charge < -0.3 is 19.9 Å². The second kappa shape index (κ2) is 10.9. The predicted octanol–water partition coefficient (Wildman–Crippen LogP) is 1.91. The van der Waals surface area contributed by atoms with Crippen LogP contribution in [0.1, 0.15) is 37.4 Å². The minimum atomic E-state index is -0.542. The lowest BCUT2D eigenvalue weighted by Crippen LogP contribution is -2.48. The van der Waals surface area contributed by atoms with Gasteiger partial charge in [0.2, 0.25) is 11.8 Å². The molecule has 1 aromatic carbocycles. The predicted molar refractivity (Wildman–Crippen MR) is 113 cm³/mol. The van der Waals surface area contributed by atoms with Crippen LogP contribution in [-0.2, 0) is 19.1 Å². The van der Waals surface area contributed by atoms with Crippen molar-refractivity contribution < 1.29 is 19.1 Å². The Bertz CT molecular complexity index is 757. The molecule has 2 aliphatic rings. The fourth-order valence-electron chi connectivity index (χ4n) is 3.71. The number of amides is 2. The van der Waals surface area contributed by atoms with Crippen molar-refractivity contribution in [1.82, 2.24) is 15.1 Å². The van der Waals surface area contributed by atoms with Crippen LogP contribution in [0.3, 0.4) is 0 Å². The number of nitrogens with zero attached hydrogens (tertiary/aromatic N) is 2. The zero-order chi connectivity index (χ0) is 21.3. The van der Waals surface area contributed by atoms with Crippen molar-refractivity contribution in [3.05, 3.63) is 48.0 Å². The van der Waals surface area contributed by atoms with Crippen LogP contribution in [0.25, 0.3) is 0 Å². The van der Waals surface area contributed by atoms with Crippen LogP contribution < -0.4 is 5.32 Å². The van der Waals surface area contributed by atoms with Gasteiger partial charge in [0.15, 0.2) is 0 Å². The summed E-state index contributed by atoms with van der Waals surface area (Å²) in [6, 6.07) is 9.40. The molecule has 0 bridgehead atoms. The van der Waals surface area contributed by atoms with Gasteiger partial charge in [-0.15, -0.1) is 0 Å². The van der Waals surface area contributed by atoms with E-state index in [1.54, 1.807) is 0 Å². The standard InChI is InChI=1S/C23H31N3O4/c1-25-12-14-26(15-13-25)21(27)16-19-10-6-3-7-11-22(28)30-20(17-24-23(19)29)18-8-4-2-5-9-18/h2-6,8-9,19-20H,7,10-17H2,1H3,(H,24,29)/t19-,20-/m0/s1. The lowest BCUT2D eigenvalue weighted by molar-refractivity contribution is -0.150. The van der Waals surface area contributed by atoms with Crippen molar-refractivity contribution in [2.75, 3.05) is 39.8 Å². The lowest BCUT2D eigenvalue weighted by Gasteiger charge is -2.33. The van der Waals surface area contributed by atoms with Gasteiger partial charge in [-0.3, -0.25) is 14.4 Å². The third kappa shape index (κ3) is 6.42. The fraction of sp³-hybridized carbons (Fsp3) is 0.522. The second-order valence-corrected chi connectivity index (χ2v) is 7.97. The molecular formula is C23H31N3O4. The maximum Gasteiger partial charge on any atom is 0.306 e. The van der Waals surface area contributed by atoms with E-state index in [-0.39, 0.29) is 30.7 Å². The molecule has 1 saturated heterocycles. The van der Waals surface area contributed by atoms with Gasteiger partial charge in [0.1, 0.15) is 6.10 Å². The molecular weight excluding hydrogens is 382 g/mol. The van der Waals surface area contributed by atoms with Crippen LogP contribution in [0.2, 0.25) is 0 Å². The van der Waals surface area contributed by atoms with E-state index in [1.165, 1.54) is 0 Å². The topological polar surface area (TPSA) is 79.0 Å². The number of nitrogens with one attached hydrogen (secondary N) is 1. The van der Waals surface area contributed by atoms with Gasteiger partial charge >= 0.3 is 5.97 Å². The Kier molecular flexibility index (Phi) is 8.02. The van der Waals surface area contributed by atoms with Crippen molar-refractivity contribution in [1.29, 1.82) is 0 Å². The molecule has 0 saturated carbocycles. The average Bonchev–Trinajstić information content (AvgIpc) is 2.75. The van der Waals surface area contributed by atoms with Crippen LogP contribution in [-0.4, -0.2) is 67.4 Å². The Morgan fingerprint density at radius 3 is 2.57 bits per heavy atom. The number of rotatable bonds is 3. The number of allylic oxidation sites excluding steroid dienone is 2. The molecule has 7 heteroatoms. The molecule has 2 heterocycles. The molecule has 0 unspecified atom stereocenters. The summed E-state index contributed by atoms with van der Waals surface area (Å²) in [6.45, 7) is 3.30.